The van der Waals surface area contributed by atoms with Gasteiger partial charge in [-0.25, -0.2) is 0 Å². The average Bonchev–Trinajstić information content (AvgIpc) is 3.24. The van der Waals surface area contributed by atoms with Crippen molar-refractivity contribution in [1.29, 1.82) is 0 Å². The maximum Gasteiger partial charge on any atom is 0.249 e. The maximum atomic E-state index is 12.6. The molecule has 0 aromatic rings. The molecule has 0 aromatic heterocycles. The molecule has 1 amide bonds. The van der Waals surface area contributed by atoms with Crippen molar-refractivity contribution in [2.24, 2.45) is 0 Å². The highest BCUT2D eigenvalue weighted by Gasteiger charge is 2.28. The first kappa shape index (κ1) is 57.3. The van der Waals surface area contributed by atoms with E-state index in [1.54, 1.807) is 0 Å². The van der Waals surface area contributed by atoms with Crippen LogP contribution in [0.15, 0.2) is 48.6 Å². The minimum atomic E-state index is -1.29. The molecule has 0 aliphatic rings. The van der Waals surface area contributed by atoms with Gasteiger partial charge in [-0.1, -0.05) is 217 Å². The van der Waals surface area contributed by atoms with Gasteiger partial charge in [0.05, 0.1) is 18.8 Å². The standard InChI is InChI=1S/C53H99NO5/c1-3-5-7-9-11-13-15-17-19-21-23-24-25-26-27-29-31-33-35-37-39-41-43-45-47-51(57)53(59)54-49(48-55)52(58)50(56)46-44-42-40-38-36-34-32-30-28-22-20-18-16-14-12-10-8-6-4-2/h23-24,26-27,30,32,38,40,49-52,55-58H,3-22,25,28-29,31,33-37,39,41-48H2,1-2H3,(H,54,59)/b24-23-,27-26-,32-30+,40-38+. The molecular formula is C53H99NO5. The van der Waals surface area contributed by atoms with Gasteiger partial charge in [-0.3, -0.25) is 4.79 Å². The molecule has 59 heavy (non-hydrogen) atoms. The average molecular weight is 830 g/mol. The van der Waals surface area contributed by atoms with E-state index >= 15 is 0 Å². The highest BCUT2D eigenvalue weighted by atomic mass is 16.3. The van der Waals surface area contributed by atoms with Crippen molar-refractivity contribution in [3.63, 3.8) is 0 Å². The monoisotopic (exact) mass is 830 g/mol. The molecule has 0 rings (SSSR count). The molecule has 5 N–H and O–H groups in total. The molecule has 0 spiro atoms. The summed E-state index contributed by atoms with van der Waals surface area (Å²) in [6, 6.07) is -1.01. The zero-order valence-electron chi connectivity index (χ0n) is 39.0. The maximum absolute atomic E-state index is 12.6. The van der Waals surface area contributed by atoms with Crippen molar-refractivity contribution < 1.29 is 25.2 Å². The lowest BCUT2D eigenvalue weighted by Crippen LogP contribution is -2.53. The minimum absolute atomic E-state index is 0.352. The number of carbonyl (C=O) groups excluding carboxylic acids is 1. The van der Waals surface area contributed by atoms with E-state index in [1.165, 1.54) is 167 Å². The van der Waals surface area contributed by atoms with Gasteiger partial charge < -0.3 is 25.7 Å². The van der Waals surface area contributed by atoms with E-state index in [1.807, 2.05) is 0 Å². The smallest absolute Gasteiger partial charge is 0.249 e. The third-order valence-corrected chi connectivity index (χ3v) is 11.7. The SMILES string of the molecule is CCCCCCCCCCC/C=C\C/C=C\CCCCCCCCCCC(O)C(=O)NC(CO)C(O)C(O)CCC/C=C/CC/C=C/CCCCCCCCCCCC. The Labute approximate surface area is 366 Å². The number of rotatable bonds is 46. The summed E-state index contributed by atoms with van der Waals surface area (Å²) in [5.41, 5.74) is 0. The van der Waals surface area contributed by atoms with Gasteiger partial charge in [0.1, 0.15) is 12.2 Å². The molecule has 0 aliphatic heterocycles. The number of unbranched alkanes of at least 4 members (excludes halogenated alkanes) is 29. The van der Waals surface area contributed by atoms with Crippen LogP contribution in [0, 0.1) is 0 Å². The summed E-state index contributed by atoms with van der Waals surface area (Å²) in [6.45, 7) is 4.05. The molecule has 6 heteroatoms. The fourth-order valence-electron chi connectivity index (χ4n) is 7.69. The third kappa shape index (κ3) is 41.4. The van der Waals surface area contributed by atoms with E-state index < -0.39 is 36.9 Å². The molecule has 0 saturated carbocycles. The highest BCUT2D eigenvalue weighted by Crippen LogP contribution is 2.15. The number of aliphatic hydroxyl groups is 4. The lowest BCUT2D eigenvalue weighted by atomic mass is 10.00. The second-order valence-corrected chi connectivity index (χ2v) is 17.5. The van der Waals surface area contributed by atoms with Crippen molar-refractivity contribution in [2.75, 3.05) is 6.61 Å². The van der Waals surface area contributed by atoms with Crippen LogP contribution < -0.4 is 5.32 Å². The molecule has 346 valence electrons. The number of hydrogen-bond donors (Lipinski definition) is 5. The number of allylic oxidation sites excluding steroid dienone is 8. The molecular weight excluding hydrogens is 731 g/mol. The zero-order valence-corrected chi connectivity index (χ0v) is 39.0. The van der Waals surface area contributed by atoms with E-state index in [4.69, 9.17) is 0 Å². The quantitative estimate of drug-likeness (QED) is 0.0310. The largest absolute Gasteiger partial charge is 0.394 e. The van der Waals surface area contributed by atoms with Gasteiger partial charge in [-0.15, -0.1) is 0 Å². The molecule has 4 unspecified atom stereocenters. The van der Waals surface area contributed by atoms with E-state index in [2.05, 4.69) is 67.8 Å². The van der Waals surface area contributed by atoms with Crippen molar-refractivity contribution in [2.45, 2.75) is 276 Å². The molecule has 0 bridgehead atoms. The van der Waals surface area contributed by atoms with Crippen molar-refractivity contribution >= 4 is 5.91 Å². The predicted molar refractivity (Wildman–Crippen MR) is 256 cm³/mol. The van der Waals surface area contributed by atoms with Gasteiger partial charge in [-0.2, -0.15) is 0 Å². The van der Waals surface area contributed by atoms with Gasteiger partial charge in [0.15, 0.2) is 0 Å². The molecule has 0 heterocycles. The number of aliphatic hydroxyl groups excluding tert-OH is 4. The summed E-state index contributed by atoms with van der Waals surface area (Å²) in [5.74, 6) is -0.602. The van der Waals surface area contributed by atoms with Gasteiger partial charge in [0.2, 0.25) is 5.91 Å². The molecule has 4 atom stereocenters. The number of carbonyl (C=O) groups is 1. The first-order valence-electron chi connectivity index (χ1n) is 25.5. The first-order valence-corrected chi connectivity index (χ1v) is 25.5. The Kier molecular flexibility index (Phi) is 45.9. The predicted octanol–water partition coefficient (Wildman–Crippen LogP) is 14.2. The summed E-state index contributed by atoms with van der Waals surface area (Å²) >= 11 is 0. The van der Waals surface area contributed by atoms with Gasteiger partial charge in [0, 0.05) is 0 Å². The number of nitrogens with one attached hydrogen (secondary N) is 1. The fourth-order valence-corrected chi connectivity index (χ4v) is 7.69. The summed E-state index contributed by atoms with van der Waals surface area (Å²) in [4.78, 5) is 12.6. The molecule has 6 nitrogen and oxygen atoms in total. The second kappa shape index (κ2) is 47.3. The van der Waals surface area contributed by atoms with E-state index in [0.29, 0.717) is 19.3 Å². The normalized spacial score (nSPS) is 14.3. The molecule has 0 aliphatic carbocycles. The molecule has 0 radical (unpaired) electrons. The fraction of sp³-hybridized carbons (Fsp3) is 0.830. The van der Waals surface area contributed by atoms with Crippen LogP contribution in [0.2, 0.25) is 0 Å². The van der Waals surface area contributed by atoms with Crippen LogP contribution >= 0.6 is 0 Å². The van der Waals surface area contributed by atoms with Crippen LogP contribution in [0.3, 0.4) is 0 Å². The lowest BCUT2D eigenvalue weighted by Gasteiger charge is -2.27. The van der Waals surface area contributed by atoms with Crippen molar-refractivity contribution in [3.05, 3.63) is 48.6 Å². The van der Waals surface area contributed by atoms with Crippen LogP contribution in [-0.4, -0.2) is 57.3 Å². The Morgan fingerprint density at radius 2 is 0.763 bits per heavy atom. The first-order chi connectivity index (χ1) is 29.0. The van der Waals surface area contributed by atoms with E-state index in [-0.39, 0.29) is 0 Å². The van der Waals surface area contributed by atoms with Gasteiger partial charge in [-0.05, 0) is 83.5 Å². The molecule has 0 fully saturated rings. The Hall–Kier alpha value is -1.73. The van der Waals surface area contributed by atoms with Crippen LogP contribution in [0.4, 0.5) is 0 Å². The lowest BCUT2D eigenvalue weighted by molar-refractivity contribution is -0.132. The summed E-state index contributed by atoms with van der Waals surface area (Å²) in [7, 11) is 0. The van der Waals surface area contributed by atoms with E-state index in [0.717, 1.165) is 51.4 Å². The Morgan fingerprint density at radius 3 is 1.17 bits per heavy atom. The topological polar surface area (TPSA) is 110 Å². The molecule has 0 aromatic carbocycles. The third-order valence-electron chi connectivity index (χ3n) is 11.7. The van der Waals surface area contributed by atoms with Crippen molar-refractivity contribution in [3.8, 4) is 0 Å². The Morgan fingerprint density at radius 1 is 0.424 bits per heavy atom. The van der Waals surface area contributed by atoms with Crippen LogP contribution in [0.25, 0.3) is 0 Å². The van der Waals surface area contributed by atoms with E-state index in [9.17, 15) is 25.2 Å². The zero-order chi connectivity index (χ0) is 43.1. The van der Waals surface area contributed by atoms with Gasteiger partial charge >= 0.3 is 0 Å². The van der Waals surface area contributed by atoms with Crippen LogP contribution in [-0.2, 0) is 4.79 Å². The van der Waals surface area contributed by atoms with Gasteiger partial charge in [0.25, 0.3) is 0 Å². The summed E-state index contributed by atoms with van der Waals surface area (Å²) in [5, 5.41) is 43.8. The Balaban J connectivity index is 3.76. The molecule has 0 saturated heterocycles. The second-order valence-electron chi connectivity index (χ2n) is 17.5. The van der Waals surface area contributed by atoms with Crippen molar-refractivity contribution in [1.82, 2.24) is 5.32 Å². The number of hydrogen-bond acceptors (Lipinski definition) is 5. The van der Waals surface area contributed by atoms with Crippen LogP contribution in [0.5, 0.6) is 0 Å². The summed E-state index contributed by atoms with van der Waals surface area (Å²) in [6.07, 6.45) is 58.7. The van der Waals surface area contributed by atoms with Crippen LogP contribution in [0.1, 0.15) is 251 Å². The number of amides is 1. The highest BCUT2D eigenvalue weighted by molar-refractivity contribution is 5.80. The minimum Gasteiger partial charge on any atom is -0.394 e. The Bertz CT molecular complexity index is 977. The summed E-state index contributed by atoms with van der Waals surface area (Å²) < 4.78 is 0.